The van der Waals surface area contributed by atoms with E-state index in [2.05, 4.69) is 27.0 Å². The van der Waals surface area contributed by atoms with Crippen LogP contribution in [-0.2, 0) is 11.9 Å². The van der Waals surface area contributed by atoms with Gasteiger partial charge in [0.15, 0.2) is 0 Å². The minimum atomic E-state index is 0.433. The Labute approximate surface area is 128 Å². The summed E-state index contributed by atoms with van der Waals surface area (Å²) in [6.07, 6.45) is 0. The number of aryl methyl sites for hydroxylation is 2. The first kappa shape index (κ1) is 14.9. The van der Waals surface area contributed by atoms with Crippen LogP contribution in [0, 0.1) is 13.8 Å². The molecule has 0 aliphatic rings. The molecule has 106 valence electrons. The predicted molar refractivity (Wildman–Crippen MR) is 83.7 cm³/mol. The van der Waals surface area contributed by atoms with Crippen LogP contribution in [0.1, 0.15) is 22.5 Å². The molecule has 0 spiro atoms. The summed E-state index contributed by atoms with van der Waals surface area (Å²) in [7, 11) is 1.66. The van der Waals surface area contributed by atoms with Gasteiger partial charge in [0, 0.05) is 28.7 Å². The lowest BCUT2D eigenvalue weighted by atomic mass is 10.1. The topological polar surface area (TPSA) is 31.4 Å². The van der Waals surface area contributed by atoms with Crippen molar-refractivity contribution in [2.24, 2.45) is 0 Å². The third kappa shape index (κ3) is 3.51. The van der Waals surface area contributed by atoms with Crippen molar-refractivity contribution < 1.29 is 9.47 Å². The summed E-state index contributed by atoms with van der Waals surface area (Å²) in [4.78, 5) is 4.47. The van der Waals surface area contributed by atoms with Crippen molar-refractivity contribution in [3.8, 4) is 11.5 Å². The number of benzene rings is 1. The Bertz CT molecular complexity index is 599. The molecule has 3 nitrogen and oxygen atoms in total. The third-order valence-electron chi connectivity index (χ3n) is 3.02. The standard InChI is InChI=1S/C16H18BrNO2/c1-11-5-4-6-13(9-17)16(11)20-10-14-8-15(19-3)7-12(2)18-14/h4-8H,9-10H2,1-3H3. The van der Waals surface area contributed by atoms with Crippen molar-refractivity contribution in [1.82, 2.24) is 4.98 Å². The zero-order valence-electron chi connectivity index (χ0n) is 11.9. The molecule has 0 saturated carbocycles. The Balaban J connectivity index is 2.19. The summed E-state index contributed by atoms with van der Waals surface area (Å²) in [5.74, 6) is 1.73. The molecular weight excluding hydrogens is 318 g/mol. The van der Waals surface area contributed by atoms with Crippen LogP contribution in [0.25, 0.3) is 0 Å². The molecule has 20 heavy (non-hydrogen) atoms. The van der Waals surface area contributed by atoms with Crippen LogP contribution in [0.5, 0.6) is 11.5 Å². The number of ether oxygens (including phenoxy) is 2. The van der Waals surface area contributed by atoms with Crippen LogP contribution in [0.2, 0.25) is 0 Å². The number of para-hydroxylation sites is 1. The Morgan fingerprint density at radius 1 is 1.20 bits per heavy atom. The van der Waals surface area contributed by atoms with Gasteiger partial charge < -0.3 is 9.47 Å². The molecule has 2 aromatic rings. The summed E-state index contributed by atoms with van der Waals surface area (Å²) in [6.45, 7) is 4.43. The third-order valence-corrected chi connectivity index (χ3v) is 3.62. The van der Waals surface area contributed by atoms with Gasteiger partial charge in [-0.15, -0.1) is 0 Å². The first-order valence-corrected chi connectivity index (χ1v) is 7.55. The van der Waals surface area contributed by atoms with E-state index in [1.165, 1.54) is 0 Å². The number of hydrogen-bond donors (Lipinski definition) is 0. The van der Waals surface area contributed by atoms with Gasteiger partial charge in [-0.3, -0.25) is 4.98 Å². The van der Waals surface area contributed by atoms with E-state index < -0.39 is 0 Å². The van der Waals surface area contributed by atoms with Crippen LogP contribution in [0.4, 0.5) is 0 Å². The fourth-order valence-electron chi connectivity index (χ4n) is 2.07. The monoisotopic (exact) mass is 335 g/mol. The molecule has 1 aromatic carbocycles. The molecule has 0 amide bonds. The summed E-state index contributed by atoms with van der Waals surface area (Å²) < 4.78 is 11.2. The molecule has 0 aliphatic heterocycles. The number of halogens is 1. The van der Waals surface area contributed by atoms with Gasteiger partial charge in [0.05, 0.1) is 12.8 Å². The predicted octanol–water partition coefficient (Wildman–Crippen LogP) is 4.18. The van der Waals surface area contributed by atoms with E-state index in [-0.39, 0.29) is 0 Å². The second-order valence-electron chi connectivity index (χ2n) is 4.63. The normalized spacial score (nSPS) is 10.4. The molecule has 0 bridgehead atoms. The van der Waals surface area contributed by atoms with Gasteiger partial charge >= 0.3 is 0 Å². The summed E-state index contributed by atoms with van der Waals surface area (Å²) in [5.41, 5.74) is 4.06. The largest absolute Gasteiger partial charge is 0.497 e. The second kappa shape index (κ2) is 6.75. The molecule has 0 unspecified atom stereocenters. The van der Waals surface area contributed by atoms with Gasteiger partial charge in [-0.2, -0.15) is 0 Å². The maximum Gasteiger partial charge on any atom is 0.130 e. The van der Waals surface area contributed by atoms with Crippen molar-refractivity contribution in [1.29, 1.82) is 0 Å². The second-order valence-corrected chi connectivity index (χ2v) is 5.19. The maximum atomic E-state index is 5.95. The van der Waals surface area contributed by atoms with E-state index >= 15 is 0 Å². The van der Waals surface area contributed by atoms with Gasteiger partial charge in [0.1, 0.15) is 18.1 Å². The fraction of sp³-hybridized carbons (Fsp3) is 0.312. The first-order valence-electron chi connectivity index (χ1n) is 6.43. The highest BCUT2D eigenvalue weighted by Crippen LogP contribution is 2.26. The van der Waals surface area contributed by atoms with E-state index in [0.29, 0.717) is 6.61 Å². The summed E-state index contributed by atoms with van der Waals surface area (Å²) in [5, 5.41) is 0.772. The Kier molecular flexibility index (Phi) is 5.01. The van der Waals surface area contributed by atoms with Crippen LogP contribution >= 0.6 is 15.9 Å². The Hall–Kier alpha value is -1.55. The van der Waals surface area contributed by atoms with Crippen molar-refractivity contribution in [2.75, 3.05) is 7.11 Å². The SMILES string of the molecule is COc1cc(C)nc(COc2c(C)cccc2CBr)c1. The minimum Gasteiger partial charge on any atom is -0.497 e. The van der Waals surface area contributed by atoms with Crippen LogP contribution in [0.3, 0.4) is 0 Å². The number of methoxy groups -OCH3 is 1. The molecule has 0 saturated heterocycles. The Morgan fingerprint density at radius 2 is 2.00 bits per heavy atom. The van der Waals surface area contributed by atoms with E-state index in [9.17, 15) is 0 Å². The average molecular weight is 336 g/mol. The number of rotatable bonds is 5. The van der Waals surface area contributed by atoms with Gasteiger partial charge in [-0.1, -0.05) is 34.1 Å². The number of alkyl halides is 1. The summed E-state index contributed by atoms with van der Waals surface area (Å²) in [6, 6.07) is 9.94. The molecule has 4 heteroatoms. The van der Waals surface area contributed by atoms with Gasteiger partial charge in [-0.25, -0.2) is 0 Å². The zero-order valence-corrected chi connectivity index (χ0v) is 13.5. The zero-order chi connectivity index (χ0) is 14.5. The number of hydrogen-bond acceptors (Lipinski definition) is 3. The van der Waals surface area contributed by atoms with E-state index in [4.69, 9.17) is 9.47 Å². The molecule has 0 N–H and O–H groups in total. The highest BCUT2D eigenvalue weighted by atomic mass is 79.9. The van der Waals surface area contributed by atoms with Gasteiger partial charge in [0.25, 0.3) is 0 Å². The molecule has 1 heterocycles. The van der Waals surface area contributed by atoms with E-state index in [0.717, 1.165) is 39.3 Å². The molecule has 0 atom stereocenters. The lowest BCUT2D eigenvalue weighted by molar-refractivity contribution is 0.295. The maximum absolute atomic E-state index is 5.95. The smallest absolute Gasteiger partial charge is 0.130 e. The van der Waals surface area contributed by atoms with Crippen molar-refractivity contribution >= 4 is 15.9 Å². The fourth-order valence-corrected chi connectivity index (χ4v) is 2.51. The average Bonchev–Trinajstić information content (AvgIpc) is 2.45. The Morgan fingerprint density at radius 3 is 2.70 bits per heavy atom. The lowest BCUT2D eigenvalue weighted by Gasteiger charge is -2.13. The lowest BCUT2D eigenvalue weighted by Crippen LogP contribution is -2.03. The van der Waals surface area contributed by atoms with Crippen LogP contribution < -0.4 is 9.47 Å². The summed E-state index contributed by atoms with van der Waals surface area (Å²) >= 11 is 3.49. The van der Waals surface area contributed by atoms with Crippen LogP contribution in [0.15, 0.2) is 30.3 Å². The van der Waals surface area contributed by atoms with Gasteiger partial charge in [0.2, 0.25) is 0 Å². The molecule has 0 fully saturated rings. The van der Waals surface area contributed by atoms with E-state index in [1.54, 1.807) is 7.11 Å². The molecule has 2 rings (SSSR count). The quantitative estimate of drug-likeness (QED) is 0.768. The highest BCUT2D eigenvalue weighted by molar-refractivity contribution is 9.08. The molecular formula is C16H18BrNO2. The van der Waals surface area contributed by atoms with E-state index in [1.807, 2.05) is 38.1 Å². The van der Waals surface area contributed by atoms with Crippen molar-refractivity contribution in [2.45, 2.75) is 25.8 Å². The van der Waals surface area contributed by atoms with Gasteiger partial charge in [-0.05, 0) is 19.4 Å². The van der Waals surface area contributed by atoms with Crippen LogP contribution in [-0.4, -0.2) is 12.1 Å². The molecule has 0 aliphatic carbocycles. The number of pyridine rings is 1. The molecule has 1 aromatic heterocycles. The highest BCUT2D eigenvalue weighted by Gasteiger charge is 2.07. The number of nitrogens with zero attached hydrogens (tertiary/aromatic N) is 1. The van der Waals surface area contributed by atoms with Crippen molar-refractivity contribution in [3.05, 3.63) is 52.8 Å². The minimum absolute atomic E-state index is 0.433. The molecule has 0 radical (unpaired) electrons. The number of aromatic nitrogens is 1. The van der Waals surface area contributed by atoms with Crippen molar-refractivity contribution in [3.63, 3.8) is 0 Å². The first-order chi connectivity index (χ1) is 9.63.